The SMILES string of the molecule is OBO.c1ccc(-c2c(-c3ccccc3)c(-c3ccccc3)c3ccccc3c2-c2ccccc2)cc1. The second-order valence-corrected chi connectivity index (χ2v) is 8.65. The monoisotopic (exact) mass is 478 g/mol. The van der Waals surface area contributed by atoms with Crippen molar-refractivity contribution >= 4 is 18.5 Å². The fraction of sp³-hybridized carbons (Fsp3) is 0. The molecule has 37 heavy (non-hydrogen) atoms. The molecular formula is C34H27BO2. The maximum Gasteiger partial charge on any atom is 0.432 e. The summed E-state index contributed by atoms with van der Waals surface area (Å²) in [6, 6.07) is 52.1. The normalized spacial score (nSPS) is 10.4. The number of benzene rings is 6. The third kappa shape index (κ3) is 4.96. The second-order valence-electron chi connectivity index (χ2n) is 8.65. The summed E-state index contributed by atoms with van der Waals surface area (Å²) in [4.78, 5) is 0. The molecule has 0 bridgehead atoms. The van der Waals surface area contributed by atoms with Gasteiger partial charge in [-0.2, -0.15) is 0 Å². The van der Waals surface area contributed by atoms with Crippen LogP contribution in [0.5, 0.6) is 0 Å². The summed E-state index contributed by atoms with van der Waals surface area (Å²) < 4.78 is 0. The molecule has 0 fully saturated rings. The first kappa shape index (κ1) is 24.3. The van der Waals surface area contributed by atoms with Crippen LogP contribution in [-0.2, 0) is 0 Å². The Hall–Kier alpha value is -4.44. The van der Waals surface area contributed by atoms with E-state index in [-0.39, 0.29) is 0 Å². The molecule has 0 saturated heterocycles. The van der Waals surface area contributed by atoms with Gasteiger partial charge in [0, 0.05) is 0 Å². The van der Waals surface area contributed by atoms with Crippen molar-refractivity contribution in [3.63, 3.8) is 0 Å². The molecule has 0 aliphatic rings. The maximum absolute atomic E-state index is 7.12. The Kier molecular flexibility index (Phi) is 7.56. The van der Waals surface area contributed by atoms with Crippen molar-refractivity contribution in [2.24, 2.45) is 0 Å². The van der Waals surface area contributed by atoms with Crippen LogP contribution in [0, 0.1) is 0 Å². The van der Waals surface area contributed by atoms with Gasteiger partial charge in [-0.15, -0.1) is 0 Å². The maximum atomic E-state index is 7.12. The molecule has 6 aromatic rings. The molecule has 0 amide bonds. The third-order valence-electron chi connectivity index (χ3n) is 6.47. The lowest BCUT2D eigenvalue weighted by Gasteiger charge is -2.24. The summed E-state index contributed by atoms with van der Waals surface area (Å²) >= 11 is 0. The first-order chi connectivity index (χ1) is 18.3. The van der Waals surface area contributed by atoms with Crippen molar-refractivity contribution in [3.8, 4) is 44.5 Å². The van der Waals surface area contributed by atoms with Crippen LogP contribution in [0.25, 0.3) is 55.3 Å². The Bertz CT molecular complexity index is 1460. The van der Waals surface area contributed by atoms with Crippen molar-refractivity contribution in [1.82, 2.24) is 0 Å². The van der Waals surface area contributed by atoms with E-state index in [1.807, 2.05) is 0 Å². The van der Waals surface area contributed by atoms with Gasteiger partial charge < -0.3 is 10.0 Å². The minimum Gasteiger partial charge on any atom is -0.430 e. The standard InChI is InChI=1S/C34H24.BH3O2/c1-5-15-25(16-6-1)31-29-23-13-14-24-30(29)32(26-17-7-2-8-18-26)34(28-21-11-4-12-22-28)33(31)27-19-9-3-10-20-27;2-1-3/h1-24H;1-3H. The van der Waals surface area contributed by atoms with E-state index in [9.17, 15) is 0 Å². The van der Waals surface area contributed by atoms with Gasteiger partial charge in [-0.05, 0) is 55.3 Å². The Morgan fingerprint density at radius 3 is 0.784 bits per heavy atom. The highest BCUT2D eigenvalue weighted by molar-refractivity contribution is 6.18. The smallest absolute Gasteiger partial charge is 0.430 e. The quantitative estimate of drug-likeness (QED) is 0.255. The summed E-state index contributed by atoms with van der Waals surface area (Å²) in [5, 5.41) is 16.8. The molecule has 0 heterocycles. The lowest BCUT2D eigenvalue weighted by molar-refractivity contribution is 0.448. The molecule has 0 unspecified atom stereocenters. The van der Waals surface area contributed by atoms with Crippen LogP contribution in [0.15, 0.2) is 146 Å². The highest BCUT2D eigenvalue weighted by Gasteiger charge is 2.23. The molecule has 6 rings (SSSR count). The van der Waals surface area contributed by atoms with Gasteiger partial charge in [-0.25, -0.2) is 0 Å². The Labute approximate surface area is 218 Å². The van der Waals surface area contributed by atoms with Crippen LogP contribution in [0.1, 0.15) is 0 Å². The van der Waals surface area contributed by atoms with E-state index in [0.29, 0.717) is 0 Å². The lowest BCUT2D eigenvalue weighted by atomic mass is 9.79. The first-order valence-corrected chi connectivity index (χ1v) is 12.4. The van der Waals surface area contributed by atoms with Crippen molar-refractivity contribution < 1.29 is 10.0 Å². The minimum atomic E-state index is -0.750. The third-order valence-corrected chi connectivity index (χ3v) is 6.47. The van der Waals surface area contributed by atoms with Gasteiger partial charge in [0.05, 0.1) is 0 Å². The predicted molar refractivity (Wildman–Crippen MR) is 157 cm³/mol. The molecule has 0 aliphatic heterocycles. The van der Waals surface area contributed by atoms with Crippen molar-refractivity contribution in [2.75, 3.05) is 0 Å². The van der Waals surface area contributed by atoms with E-state index in [1.165, 1.54) is 55.3 Å². The van der Waals surface area contributed by atoms with Crippen LogP contribution in [0.4, 0.5) is 0 Å². The largest absolute Gasteiger partial charge is 0.432 e. The Morgan fingerprint density at radius 1 is 0.297 bits per heavy atom. The van der Waals surface area contributed by atoms with Gasteiger partial charge in [0.25, 0.3) is 0 Å². The molecule has 6 aromatic carbocycles. The van der Waals surface area contributed by atoms with E-state index in [4.69, 9.17) is 10.0 Å². The molecule has 0 aromatic heterocycles. The molecule has 0 saturated carbocycles. The molecular weight excluding hydrogens is 451 g/mol. The van der Waals surface area contributed by atoms with E-state index < -0.39 is 7.69 Å². The zero-order valence-electron chi connectivity index (χ0n) is 20.5. The number of fused-ring (bicyclic) bond motifs is 1. The summed E-state index contributed by atoms with van der Waals surface area (Å²) in [6.45, 7) is 0. The van der Waals surface area contributed by atoms with E-state index >= 15 is 0 Å². The average Bonchev–Trinajstić information content (AvgIpc) is 2.98. The average molecular weight is 478 g/mol. The van der Waals surface area contributed by atoms with Crippen LogP contribution in [-0.4, -0.2) is 17.7 Å². The molecule has 0 atom stereocenters. The summed E-state index contributed by atoms with van der Waals surface area (Å²) in [7, 11) is -0.750. The predicted octanol–water partition coefficient (Wildman–Crippen LogP) is 7.75. The summed E-state index contributed by atoms with van der Waals surface area (Å²) in [5.41, 5.74) is 10.0. The fourth-order valence-corrected chi connectivity index (χ4v) is 5.03. The second kappa shape index (κ2) is 11.5. The van der Waals surface area contributed by atoms with Gasteiger partial charge in [0.2, 0.25) is 0 Å². The topological polar surface area (TPSA) is 40.5 Å². The van der Waals surface area contributed by atoms with Gasteiger partial charge in [0.15, 0.2) is 0 Å². The number of hydrogen-bond acceptors (Lipinski definition) is 2. The number of rotatable bonds is 4. The van der Waals surface area contributed by atoms with Gasteiger partial charge >= 0.3 is 7.69 Å². The van der Waals surface area contributed by atoms with Crippen LogP contribution < -0.4 is 0 Å². The highest BCUT2D eigenvalue weighted by atomic mass is 16.4. The van der Waals surface area contributed by atoms with Crippen molar-refractivity contribution in [1.29, 1.82) is 0 Å². The molecule has 2 nitrogen and oxygen atoms in total. The molecule has 0 radical (unpaired) electrons. The molecule has 3 heteroatoms. The number of hydrogen-bond donors (Lipinski definition) is 2. The molecule has 0 spiro atoms. The molecule has 2 N–H and O–H groups in total. The summed E-state index contributed by atoms with van der Waals surface area (Å²) in [6.07, 6.45) is 0. The van der Waals surface area contributed by atoms with Crippen LogP contribution >= 0.6 is 0 Å². The molecule has 178 valence electrons. The van der Waals surface area contributed by atoms with Gasteiger partial charge in [-0.3, -0.25) is 0 Å². The Morgan fingerprint density at radius 2 is 0.514 bits per heavy atom. The van der Waals surface area contributed by atoms with Gasteiger partial charge in [-0.1, -0.05) is 146 Å². The van der Waals surface area contributed by atoms with E-state index in [0.717, 1.165) is 0 Å². The van der Waals surface area contributed by atoms with Crippen LogP contribution in [0.2, 0.25) is 0 Å². The molecule has 0 aliphatic carbocycles. The Balaban J connectivity index is 0.000000892. The van der Waals surface area contributed by atoms with Crippen molar-refractivity contribution in [3.05, 3.63) is 146 Å². The summed E-state index contributed by atoms with van der Waals surface area (Å²) in [5.74, 6) is 0. The highest BCUT2D eigenvalue weighted by Crippen LogP contribution is 2.50. The van der Waals surface area contributed by atoms with E-state index in [2.05, 4.69) is 146 Å². The zero-order chi connectivity index (χ0) is 25.5. The van der Waals surface area contributed by atoms with Gasteiger partial charge in [0.1, 0.15) is 0 Å². The lowest BCUT2D eigenvalue weighted by Crippen LogP contribution is -1.97. The fourth-order valence-electron chi connectivity index (χ4n) is 5.03. The van der Waals surface area contributed by atoms with E-state index in [1.54, 1.807) is 0 Å². The van der Waals surface area contributed by atoms with Crippen molar-refractivity contribution in [2.45, 2.75) is 0 Å². The first-order valence-electron chi connectivity index (χ1n) is 12.4. The zero-order valence-corrected chi connectivity index (χ0v) is 20.5. The van der Waals surface area contributed by atoms with Crippen LogP contribution in [0.3, 0.4) is 0 Å². The minimum absolute atomic E-state index is 0.750.